The Morgan fingerprint density at radius 2 is 2.27 bits per heavy atom. The number of rotatable bonds is 4. The number of benzene rings is 1. The minimum Gasteiger partial charge on any atom is -0.371 e. The van der Waals surface area contributed by atoms with Gasteiger partial charge in [0.2, 0.25) is 5.91 Å². The van der Waals surface area contributed by atoms with Gasteiger partial charge in [-0.05, 0) is 49.4 Å². The van der Waals surface area contributed by atoms with Crippen molar-refractivity contribution in [3.63, 3.8) is 0 Å². The fourth-order valence-corrected chi connectivity index (χ4v) is 3.42. The van der Waals surface area contributed by atoms with Crippen molar-refractivity contribution < 1.29 is 4.79 Å². The van der Waals surface area contributed by atoms with Gasteiger partial charge in [0.1, 0.15) is 0 Å². The van der Waals surface area contributed by atoms with Crippen LogP contribution in [0.15, 0.2) is 30.5 Å². The number of carbonyl (C=O) groups is 1. The van der Waals surface area contributed by atoms with E-state index >= 15 is 0 Å². The van der Waals surface area contributed by atoms with Crippen molar-refractivity contribution in [2.45, 2.75) is 25.7 Å². The van der Waals surface area contributed by atoms with Gasteiger partial charge in [-0.3, -0.25) is 9.78 Å². The van der Waals surface area contributed by atoms with Crippen molar-refractivity contribution in [1.82, 2.24) is 4.98 Å². The summed E-state index contributed by atoms with van der Waals surface area (Å²) < 4.78 is 0. The monoisotopic (exact) mass is 317 g/mol. The van der Waals surface area contributed by atoms with Crippen LogP contribution in [-0.2, 0) is 4.79 Å². The maximum absolute atomic E-state index is 11.0. The third-order valence-corrected chi connectivity index (χ3v) is 4.57. The fraction of sp³-hybridized carbons (Fsp3) is 0.412. The van der Waals surface area contributed by atoms with Gasteiger partial charge in [-0.2, -0.15) is 0 Å². The van der Waals surface area contributed by atoms with Crippen LogP contribution in [0.5, 0.6) is 0 Å². The molecule has 1 atom stereocenters. The predicted octanol–water partition coefficient (Wildman–Crippen LogP) is 3.37. The van der Waals surface area contributed by atoms with Crippen LogP contribution in [0.1, 0.15) is 25.7 Å². The first kappa shape index (κ1) is 15.1. The maximum atomic E-state index is 11.0. The highest BCUT2D eigenvalue weighted by atomic mass is 35.5. The molecule has 0 radical (unpaired) electrons. The van der Waals surface area contributed by atoms with Crippen LogP contribution in [0.2, 0.25) is 5.02 Å². The van der Waals surface area contributed by atoms with Gasteiger partial charge < -0.3 is 10.6 Å². The second kappa shape index (κ2) is 6.53. The Morgan fingerprint density at radius 1 is 1.41 bits per heavy atom. The minimum absolute atomic E-state index is 0.210. The van der Waals surface area contributed by atoms with Gasteiger partial charge >= 0.3 is 0 Å². The number of primary amides is 1. The summed E-state index contributed by atoms with van der Waals surface area (Å²) >= 11 is 6.15. The van der Waals surface area contributed by atoms with Gasteiger partial charge in [-0.15, -0.1) is 0 Å². The molecule has 1 saturated heterocycles. The Kier molecular flexibility index (Phi) is 4.48. The smallest absolute Gasteiger partial charge is 0.217 e. The highest BCUT2D eigenvalue weighted by Crippen LogP contribution is 2.31. The van der Waals surface area contributed by atoms with E-state index in [9.17, 15) is 4.79 Å². The lowest BCUT2D eigenvalue weighted by Crippen LogP contribution is -2.36. The summed E-state index contributed by atoms with van der Waals surface area (Å²) in [5, 5.41) is 1.81. The van der Waals surface area contributed by atoms with E-state index in [1.165, 1.54) is 5.69 Å². The third-order valence-electron chi connectivity index (χ3n) is 4.34. The Morgan fingerprint density at radius 3 is 3.09 bits per heavy atom. The number of amides is 1. The number of nitrogens with zero attached hydrogens (tertiary/aromatic N) is 2. The number of fused-ring (bicyclic) bond motifs is 1. The molecule has 1 amide bonds. The Labute approximate surface area is 135 Å². The standard InChI is InChI=1S/C17H20ClN3O/c18-13-4-5-15-14(10-13)16(7-8-20-15)21-9-1-2-12(11-21)3-6-17(19)22/h4-5,7-8,10,12H,1-3,6,9,11H2,(H2,19,22)/t12-/m1/s1. The largest absolute Gasteiger partial charge is 0.371 e. The van der Waals surface area contributed by atoms with E-state index in [1.54, 1.807) is 0 Å². The molecule has 116 valence electrons. The number of nitrogens with two attached hydrogens (primary N) is 1. The molecule has 22 heavy (non-hydrogen) atoms. The van der Waals surface area contributed by atoms with Crippen LogP contribution in [0.4, 0.5) is 5.69 Å². The first-order valence-electron chi connectivity index (χ1n) is 7.71. The van der Waals surface area contributed by atoms with Crippen LogP contribution in [0.3, 0.4) is 0 Å². The molecule has 0 saturated carbocycles. The lowest BCUT2D eigenvalue weighted by molar-refractivity contribution is -0.118. The summed E-state index contributed by atoms with van der Waals surface area (Å²) in [6.07, 6.45) is 5.48. The molecule has 5 heteroatoms. The van der Waals surface area contributed by atoms with Gasteiger partial charge in [0, 0.05) is 41.8 Å². The van der Waals surface area contributed by atoms with Gasteiger partial charge in [-0.25, -0.2) is 0 Å². The number of anilines is 1. The second-order valence-corrected chi connectivity index (χ2v) is 6.39. The van der Waals surface area contributed by atoms with E-state index in [1.807, 2.05) is 24.4 Å². The first-order chi connectivity index (χ1) is 10.6. The molecular weight excluding hydrogens is 298 g/mol. The van der Waals surface area contributed by atoms with Crippen molar-refractivity contribution in [3.8, 4) is 0 Å². The zero-order valence-corrected chi connectivity index (χ0v) is 13.2. The summed E-state index contributed by atoms with van der Waals surface area (Å²) in [4.78, 5) is 17.8. The van der Waals surface area contributed by atoms with Gasteiger partial charge in [0.05, 0.1) is 5.52 Å². The van der Waals surface area contributed by atoms with Crippen molar-refractivity contribution >= 4 is 34.1 Å². The summed E-state index contributed by atoms with van der Waals surface area (Å²) in [5.41, 5.74) is 7.41. The van der Waals surface area contributed by atoms with Crippen LogP contribution in [-0.4, -0.2) is 24.0 Å². The fourth-order valence-electron chi connectivity index (χ4n) is 3.25. The molecule has 0 aliphatic carbocycles. The number of hydrogen-bond acceptors (Lipinski definition) is 3. The quantitative estimate of drug-likeness (QED) is 0.940. The summed E-state index contributed by atoms with van der Waals surface area (Å²) in [6, 6.07) is 7.85. The number of carbonyl (C=O) groups excluding carboxylic acids is 1. The van der Waals surface area contributed by atoms with E-state index in [0.717, 1.165) is 48.3 Å². The van der Waals surface area contributed by atoms with Gasteiger partial charge in [0.15, 0.2) is 0 Å². The number of halogens is 1. The number of hydrogen-bond donors (Lipinski definition) is 1. The molecule has 0 unspecified atom stereocenters. The van der Waals surface area contributed by atoms with E-state index in [0.29, 0.717) is 12.3 Å². The summed E-state index contributed by atoms with van der Waals surface area (Å²) in [7, 11) is 0. The molecule has 4 nitrogen and oxygen atoms in total. The topological polar surface area (TPSA) is 59.2 Å². The van der Waals surface area contributed by atoms with Crippen molar-refractivity contribution in [2.75, 3.05) is 18.0 Å². The Bertz CT molecular complexity index is 689. The minimum atomic E-state index is -0.210. The van der Waals surface area contributed by atoms with Crippen molar-refractivity contribution in [2.24, 2.45) is 11.7 Å². The molecule has 2 heterocycles. The highest BCUT2D eigenvalue weighted by Gasteiger charge is 2.21. The lowest BCUT2D eigenvalue weighted by atomic mass is 9.92. The van der Waals surface area contributed by atoms with Crippen LogP contribution < -0.4 is 10.6 Å². The molecule has 1 fully saturated rings. The number of pyridine rings is 1. The predicted molar refractivity (Wildman–Crippen MR) is 90.1 cm³/mol. The molecule has 2 aromatic rings. The van der Waals surface area contributed by atoms with Gasteiger partial charge in [-0.1, -0.05) is 11.6 Å². The van der Waals surface area contributed by atoms with Crippen LogP contribution >= 0.6 is 11.6 Å². The van der Waals surface area contributed by atoms with E-state index in [2.05, 4.69) is 16.0 Å². The molecule has 3 rings (SSSR count). The highest BCUT2D eigenvalue weighted by molar-refractivity contribution is 6.31. The van der Waals surface area contributed by atoms with Crippen LogP contribution in [0, 0.1) is 5.92 Å². The van der Waals surface area contributed by atoms with Crippen molar-refractivity contribution in [1.29, 1.82) is 0 Å². The summed E-state index contributed by atoms with van der Waals surface area (Å²) in [6.45, 7) is 1.98. The molecule has 2 N–H and O–H groups in total. The first-order valence-corrected chi connectivity index (χ1v) is 8.09. The normalized spacial score (nSPS) is 18.6. The van der Waals surface area contributed by atoms with Crippen LogP contribution in [0.25, 0.3) is 10.9 Å². The molecular formula is C17H20ClN3O. The Hall–Kier alpha value is -1.81. The Balaban J connectivity index is 1.84. The number of aromatic nitrogens is 1. The maximum Gasteiger partial charge on any atom is 0.217 e. The van der Waals surface area contributed by atoms with Gasteiger partial charge in [0.25, 0.3) is 0 Å². The van der Waals surface area contributed by atoms with Crippen molar-refractivity contribution in [3.05, 3.63) is 35.5 Å². The van der Waals surface area contributed by atoms with E-state index in [-0.39, 0.29) is 5.91 Å². The van der Waals surface area contributed by atoms with E-state index in [4.69, 9.17) is 17.3 Å². The average Bonchev–Trinajstić information content (AvgIpc) is 2.52. The molecule has 0 bridgehead atoms. The zero-order chi connectivity index (χ0) is 15.5. The molecule has 0 spiro atoms. The molecule has 1 aromatic carbocycles. The summed E-state index contributed by atoms with van der Waals surface area (Å²) in [5.74, 6) is 0.307. The van der Waals surface area contributed by atoms with E-state index < -0.39 is 0 Å². The average molecular weight is 318 g/mol. The molecule has 1 aliphatic heterocycles. The zero-order valence-electron chi connectivity index (χ0n) is 12.5. The third kappa shape index (κ3) is 3.33. The SMILES string of the molecule is NC(=O)CC[C@H]1CCCN(c2ccnc3ccc(Cl)cc23)C1. The molecule has 1 aromatic heterocycles. The number of piperidine rings is 1. The lowest BCUT2D eigenvalue weighted by Gasteiger charge is -2.35. The molecule has 1 aliphatic rings. The second-order valence-electron chi connectivity index (χ2n) is 5.95.